The van der Waals surface area contributed by atoms with Gasteiger partial charge in [0, 0.05) is 6.07 Å². The molecule has 8 heteroatoms. The number of carbonyl (C=O) groups is 2. The summed E-state index contributed by atoms with van der Waals surface area (Å²) in [6, 6.07) is 5.51. The number of rotatable bonds is 4. The van der Waals surface area contributed by atoms with Crippen LogP contribution < -0.4 is 5.32 Å². The van der Waals surface area contributed by atoms with E-state index in [4.69, 9.17) is 16.3 Å². The summed E-state index contributed by atoms with van der Waals surface area (Å²) in [7, 11) is 0. The molecule has 0 unspecified atom stereocenters. The second-order valence-electron chi connectivity index (χ2n) is 4.82. The number of hydrogen-bond acceptors (Lipinski definition) is 3. The van der Waals surface area contributed by atoms with E-state index < -0.39 is 35.4 Å². The van der Waals surface area contributed by atoms with Crippen molar-refractivity contribution in [1.29, 1.82) is 0 Å². The minimum Gasteiger partial charge on any atom is -0.449 e. The van der Waals surface area contributed by atoms with Crippen molar-refractivity contribution in [2.24, 2.45) is 0 Å². The summed E-state index contributed by atoms with van der Waals surface area (Å²) in [6.07, 6.45) is -1.27. The summed E-state index contributed by atoms with van der Waals surface area (Å²) in [5, 5.41) is 2.32. The average molecular weight is 358 g/mol. The molecule has 0 saturated heterocycles. The van der Waals surface area contributed by atoms with Gasteiger partial charge in [0.15, 0.2) is 6.10 Å². The first kappa shape index (κ1) is 17.8. The van der Waals surface area contributed by atoms with Crippen molar-refractivity contribution in [3.05, 3.63) is 64.4 Å². The van der Waals surface area contributed by atoms with Crippen LogP contribution in [0.3, 0.4) is 0 Å². The van der Waals surface area contributed by atoms with Crippen LogP contribution in [0.5, 0.6) is 0 Å². The molecule has 0 fully saturated rings. The minimum absolute atomic E-state index is 0.0333. The molecular formula is C16H11ClF3NO3. The van der Waals surface area contributed by atoms with E-state index in [1.807, 2.05) is 0 Å². The van der Waals surface area contributed by atoms with Gasteiger partial charge in [0.25, 0.3) is 5.91 Å². The normalized spacial score (nSPS) is 11.7. The molecule has 0 bridgehead atoms. The highest BCUT2D eigenvalue weighted by Crippen LogP contribution is 2.22. The summed E-state index contributed by atoms with van der Waals surface area (Å²) in [5.41, 5.74) is -0.241. The maximum atomic E-state index is 13.1. The molecule has 1 N–H and O–H groups in total. The molecule has 1 atom stereocenters. The summed E-state index contributed by atoms with van der Waals surface area (Å²) in [4.78, 5) is 23.8. The van der Waals surface area contributed by atoms with E-state index in [0.717, 1.165) is 24.3 Å². The van der Waals surface area contributed by atoms with Gasteiger partial charge in [0.2, 0.25) is 0 Å². The number of halogens is 4. The molecule has 2 rings (SSSR count). The summed E-state index contributed by atoms with van der Waals surface area (Å²) < 4.78 is 43.9. The molecule has 0 saturated carbocycles. The number of hydrogen-bond donors (Lipinski definition) is 1. The van der Waals surface area contributed by atoms with Gasteiger partial charge in [-0.15, -0.1) is 0 Å². The van der Waals surface area contributed by atoms with Crippen LogP contribution in [-0.4, -0.2) is 18.0 Å². The molecule has 126 valence electrons. The zero-order valence-electron chi connectivity index (χ0n) is 12.3. The zero-order valence-corrected chi connectivity index (χ0v) is 13.0. The molecular weight excluding hydrogens is 347 g/mol. The van der Waals surface area contributed by atoms with E-state index in [1.54, 1.807) is 0 Å². The second-order valence-corrected chi connectivity index (χ2v) is 5.23. The lowest BCUT2D eigenvalue weighted by Crippen LogP contribution is -2.30. The van der Waals surface area contributed by atoms with E-state index in [-0.39, 0.29) is 16.3 Å². The number of anilines is 1. The second kappa shape index (κ2) is 7.35. The maximum Gasteiger partial charge on any atom is 0.339 e. The van der Waals surface area contributed by atoms with Crippen molar-refractivity contribution in [2.45, 2.75) is 13.0 Å². The number of esters is 1. The van der Waals surface area contributed by atoms with Gasteiger partial charge in [-0.2, -0.15) is 0 Å². The van der Waals surface area contributed by atoms with Crippen LogP contribution in [0, 0.1) is 17.5 Å². The van der Waals surface area contributed by atoms with Crippen molar-refractivity contribution in [3.8, 4) is 0 Å². The Balaban J connectivity index is 2.04. The number of benzene rings is 2. The maximum absolute atomic E-state index is 13.1. The number of nitrogens with one attached hydrogen (secondary N) is 1. The third-order valence-corrected chi connectivity index (χ3v) is 3.25. The lowest BCUT2D eigenvalue weighted by Gasteiger charge is -2.14. The predicted molar refractivity (Wildman–Crippen MR) is 81.3 cm³/mol. The zero-order chi connectivity index (χ0) is 17.9. The molecule has 4 nitrogen and oxygen atoms in total. The van der Waals surface area contributed by atoms with Gasteiger partial charge in [-0.3, -0.25) is 4.79 Å². The summed E-state index contributed by atoms with van der Waals surface area (Å²) in [6.45, 7) is 1.26. The Labute approximate surface area is 140 Å². The Kier molecular flexibility index (Phi) is 5.46. The topological polar surface area (TPSA) is 55.4 Å². The fourth-order valence-electron chi connectivity index (χ4n) is 1.78. The fourth-order valence-corrected chi connectivity index (χ4v) is 1.99. The van der Waals surface area contributed by atoms with Crippen LogP contribution in [0.1, 0.15) is 17.3 Å². The summed E-state index contributed by atoms with van der Waals surface area (Å²) in [5.74, 6) is -4.28. The highest BCUT2D eigenvalue weighted by atomic mass is 35.5. The minimum atomic E-state index is -1.27. The molecule has 1 amide bonds. The van der Waals surface area contributed by atoms with Crippen LogP contribution in [0.15, 0.2) is 36.4 Å². The highest BCUT2D eigenvalue weighted by molar-refractivity contribution is 6.33. The van der Waals surface area contributed by atoms with Gasteiger partial charge in [-0.25, -0.2) is 18.0 Å². The van der Waals surface area contributed by atoms with E-state index in [0.29, 0.717) is 6.07 Å². The van der Waals surface area contributed by atoms with Gasteiger partial charge in [0.05, 0.1) is 16.3 Å². The van der Waals surface area contributed by atoms with Crippen molar-refractivity contribution in [1.82, 2.24) is 0 Å². The quantitative estimate of drug-likeness (QED) is 0.843. The molecule has 0 aromatic heterocycles. The first-order valence-electron chi connectivity index (χ1n) is 6.69. The first-order chi connectivity index (χ1) is 11.3. The first-order valence-corrected chi connectivity index (χ1v) is 7.07. The third-order valence-electron chi connectivity index (χ3n) is 2.94. The number of amides is 1. The molecule has 0 aliphatic rings. The van der Waals surface area contributed by atoms with Crippen LogP contribution in [0.25, 0.3) is 0 Å². The lowest BCUT2D eigenvalue weighted by atomic mass is 10.2. The van der Waals surface area contributed by atoms with E-state index in [2.05, 4.69) is 5.32 Å². The Morgan fingerprint density at radius 1 is 1.04 bits per heavy atom. The Hall–Kier alpha value is -2.54. The predicted octanol–water partition coefficient (Wildman–Crippen LogP) is 3.94. The number of carbonyl (C=O) groups excluding carboxylic acids is 2. The third kappa shape index (κ3) is 4.48. The highest BCUT2D eigenvalue weighted by Gasteiger charge is 2.20. The van der Waals surface area contributed by atoms with Crippen molar-refractivity contribution < 1.29 is 27.5 Å². The lowest BCUT2D eigenvalue weighted by molar-refractivity contribution is -0.123. The monoisotopic (exact) mass is 357 g/mol. The van der Waals surface area contributed by atoms with Gasteiger partial charge in [-0.1, -0.05) is 11.6 Å². The largest absolute Gasteiger partial charge is 0.449 e. The Bertz CT molecular complexity index is 778. The van der Waals surface area contributed by atoms with Gasteiger partial charge >= 0.3 is 5.97 Å². The van der Waals surface area contributed by atoms with Crippen molar-refractivity contribution in [2.75, 3.05) is 5.32 Å². The van der Waals surface area contributed by atoms with Gasteiger partial charge < -0.3 is 10.1 Å². The van der Waals surface area contributed by atoms with E-state index in [9.17, 15) is 22.8 Å². The fraction of sp³-hybridized carbons (Fsp3) is 0.125. The SMILES string of the molecule is C[C@@H](OC(=O)c1cc(F)cc(F)c1)C(=O)Nc1ccc(F)cc1Cl. The Morgan fingerprint density at radius 3 is 2.25 bits per heavy atom. The average Bonchev–Trinajstić information content (AvgIpc) is 2.48. The molecule has 0 spiro atoms. The smallest absolute Gasteiger partial charge is 0.339 e. The molecule has 0 aliphatic carbocycles. The summed E-state index contributed by atoms with van der Waals surface area (Å²) >= 11 is 5.77. The van der Waals surface area contributed by atoms with Crippen molar-refractivity contribution >= 4 is 29.2 Å². The molecule has 0 radical (unpaired) electrons. The standard InChI is InChI=1S/C16H11ClF3NO3/c1-8(15(22)21-14-3-2-10(18)7-13(14)17)24-16(23)9-4-11(19)6-12(20)5-9/h2-8H,1H3,(H,21,22)/t8-/m1/s1. The molecule has 0 heterocycles. The van der Waals surface area contributed by atoms with Crippen LogP contribution in [-0.2, 0) is 9.53 Å². The van der Waals surface area contributed by atoms with Gasteiger partial charge in [-0.05, 0) is 37.3 Å². The van der Waals surface area contributed by atoms with Crippen LogP contribution in [0.2, 0.25) is 5.02 Å². The van der Waals surface area contributed by atoms with E-state index >= 15 is 0 Å². The van der Waals surface area contributed by atoms with E-state index in [1.165, 1.54) is 13.0 Å². The number of ether oxygens (including phenoxy) is 1. The Morgan fingerprint density at radius 2 is 1.67 bits per heavy atom. The molecule has 2 aromatic carbocycles. The molecule has 24 heavy (non-hydrogen) atoms. The van der Waals surface area contributed by atoms with Crippen LogP contribution in [0.4, 0.5) is 18.9 Å². The molecule has 0 aliphatic heterocycles. The molecule has 2 aromatic rings. The van der Waals surface area contributed by atoms with Gasteiger partial charge in [0.1, 0.15) is 17.5 Å². The van der Waals surface area contributed by atoms with Crippen LogP contribution >= 0.6 is 11.6 Å². The van der Waals surface area contributed by atoms with Crippen molar-refractivity contribution in [3.63, 3.8) is 0 Å².